The van der Waals surface area contributed by atoms with Gasteiger partial charge in [0.2, 0.25) is 5.91 Å². The third-order valence-corrected chi connectivity index (χ3v) is 7.04. The van der Waals surface area contributed by atoms with Crippen LogP contribution in [0.5, 0.6) is 5.75 Å². The fourth-order valence-electron chi connectivity index (χ4n) is 4.99. The number of carbonyl (C=O) groups excluding carboxylic acids is 1. The van der Waals surface area contributed by atoms with Crippen molar-refractivity contribution < 1.29 is 37.7 Å². The minimum Gasteiger partial charge on any atom is -0.505 e. The number of carboxylic acids is 1. The summed E-state index contributed by atoms with van der Waals surface area (Å²) >= 11 is 0. The lowest BCUT2D eigenvalue weighted by Crippen LogP contribution is -2.25. The number of para-hydroxylation sites is 2. The zero-order valence-electron chi connectivity index (χ0n) is 22.8. The van der Waals surface area contributed by atoms with Gasteiger partial charge in [0.05, 0.1) is 22.6 Å². The number of carbonyl (C=O) groups is 2. The number of phenolic OH excluding ortho intramolecular Hbond substituents is 1. The Kier molecular flexibility index (Phi) is 8.18. The molecule has 1 unspecified atom stereocenters. The molecule has 1 atom stereocenters. The van der Waals surface area contributed by atoms with E-state index >= 15 is 0 Å². The third kappa shape index (κ3) is 6.07. The molecule has 0 aliphatic carbocycles. The Morgan fingerprint density at radius 3 is 2.35 bits per heavy atom. The Hall–Kier alpha value is -5.16. The molecule has 0 bridgehead atoms. The number of anilines is 3. The van der Waals surface area contributed by atoms with Crippen LogP contribution in [0.25, 0.3) is 11.1 Å². The monoisotopic (exact) mass is 589 g/mol. The first-order valence-electron chi connectivity index (χ1n) is 13.2. The van der Waals surface area contributed by atoms with Gasteiger partial charge in [-0.2, -0.15) is 18.3 Å². The Labute approximate surface area is 244 Å². The van der Waals surface area contributed by atoms with Crippen molar-refractivity contribution in [3.63, 3.8) is 0 Å². The minimum atomic E-state index is -4.59. The predicted molar refractivity (Wildman–Crippen MR) is 156 cm³/mol. The lowest BCUT2D eigenvalue weighted by Gasteiger charge is -2.24. The normalized spacial score (nSPS) is 15.1. The fraction of sp³-hybridized carbons (Fsp3) is 0.156. The van der Waals surface area contributed by atoms with Crippen LogP contribution in [0, 0.1) is 0 Å². The molecule has 1 aliphatic rings. The van der Waals surface area contributed by atoms with Gasteiger partial charge in [-0.15, -0.1) is 0 Å². The molecule has 0 spiro atoms. The van der Waals surface area contributed by atoms with Crippen LogP contribution in [0.3, 0.4) is 0 Å². The number of fused-ring (bicyclic) bond motifs is 1. The van der Waals surface area contributed by atoms with Crippen LogP contribution < -0.4 is 10.3 Å². The highest BCUT2D eigenvalue weighted by Crippen LogP contribution is 2.39. The van der Waals surface area contributed by atoms with E-state index in [1.807, 2.05) is 0 Å². The van der Waals surface area contributed by atoms with E-state index < -0.39 is 18.2 Å². The maximum atomic E-state index is 13.3. The number of hydrogen-bond acceptors (Lipinski definition) is 6. The van der Waals surface area contributed by atoms with Crippen LogP contribution >= 0.6 is 0 Å². The van der Waals surface area contributed by atoms with E-state index in [0.717, 1.165) is 7.11 Å². The number of halogens is 3. The van der Waals surface area contributed by atoms with Crippen molar-refractivity contribution in [2.24, 2.45) is 5.10 Å². The highest BCUT2D eigenvalue weighted by molar-refractivity contribution is 6.15. The van der Waals surface area contributed by atoms with E-state index in [9.17, 15) is 33.0 Å². The Morgan fingerprint density at radius 2 is 1.65 bits per heavy atom. The lowest BCUT2D eigenvalue weighted by atomic mass is 10.0. The van der Waals surface area contributed by atoms with Crippen LogP contribution in [0.2, 0.25) is 0 Å². The second kappa shape index (κ2) is 12.0. The van der Waals surface area contributed by atoms with Crippen molar-refractivity contribution in [2.45, 2.75) is 25.1 Å². The summed E-state index contributed by atoms with van der Waals surface area (Å²) in [5.74, 6) is -1.50. The highest BCUT2D eigenvalue weighted by atomic mass is 19.4. The number of hydrazone groups is 1. The van der Waals surface area contributed by atoms with E-state index in [-0.39, 0.29) is 41.3 Å². The number of hydrogen-bond donors (Lipinski definition) is 3. The summed E-state index contributed by atoms with van der Waals surface area (Å²) in [4.78, 5) is 26.2. The number of amides is 1. The first kappa shape index (κ1) is 29.3. The van der Waals surface area contributed by atoms with Gasteiger partial charge in [-0.3, -0.25) is 15.1 Å². The summed E-state index contributed by atoms with van der Waals surface area (Å²) in [5.41, 5.74) is 6.09. The number of aromatic carboxylic acids is 1. The number of carboxylic acid groups (broad SMARTS) is 1. The van der Waals surface area contributed by atoms with Crippen molar-refractivity contribution in [3.8, 4) is 16.9 Å². The Bertz CT molecular complexity index is 1700. The van der Waals surface area contributed by atoms with Gasteiger partial charge in [-0.1, -0.05) is 54.6 Å². The number of alkyl halides is 3. The van der Waals surface area contributed by atoms with Gasteiger partial charge >= 0.3 is 12.1 Å². The number of rotatable bonds is 7. The number of phenols is 1. The standard InChI is InChI=1S/C32H26F3N3O5/c1-43-30(32(33,34)35)19-12-14-22(15-13-19)38-27-11-3-2-8-24(27)25(16-17-28(38)39)36-37-26-10-5-9-23(29(26)40)20-6-4-7-21(18-20)31(41)42/h2-15,18,30,37,40H,16-17H2,1H3,(H,41,42)/b36-25+. The average molecular weight is 590 g/mol. The lowest BCUT2D eigenvalue weighted by molar-refractivity contribution is -0.215. The molecule has 0 radical (unpaired) electrons. The van der Waals surface area contributed by atoms with Gasteiger partial charge in [-0.25, -0.2) is 4.79 Å². The Balaban J connectivity index is 1.46. The molecular formula is C32H26F3N3O5. The first-order chi connectivity index (χ1) is 20.6. The quantitative estimate of drug-likeness (QED) is 0.154. The van der Waals surface area contributed by atoms with Crippen molar-refractivity contribution in [3.05, 3.63) is 108 Å². The van der Waals surface area contributed by atoms with Crippen LogP contribution in [0.15, 0.2) is 96.1 Å². The van der Waals surface area contributed by atoms with Crippen molar-refractivity contribution in [2.75, 3.05) is 17.4 Å². The molecule has 0 fully saturated rings. The topological polar surface area (TPSA) is 111 Å². The van der Waals surface area contributed by atoms with E-state index in [0.29, 0.717) is 33.8 Å². The summed E-state index contributed by atoms with van der Waals surface area (Å²) in [6.07, 6.45) is -6.36. The van der Waals surface area contributed by atoms with E-state index in [4.69, 9.17) is 0 Å². The largest absolute Gasteiger partial charge is 0.505 e. The Morgan fingerprint density at radius 1 is 0.953 bits per heavy atom. The maximum absolute atomic E-state index is 13.3. The van der Waals surface area contributed by atoms with Crippen molar-refractivity contribution in [1.29, 1.82) is 0 Å². The molecule has 0 saturated carbocycles. The first-order valence-corrected chi connectivity index (χ1v) is 13.2. The SMILES string of the molecule is COC(c1ccc(N2C(=O)CC/C(=N\Nc3cccc(-c4cccc(C(=O)O)c4)c3O)c3ccccc32)cc1)C(F)(F)F. The zero-order chi connectivity index (χ0) is 30.7. The van der Waals surface area contributed by atoms with E-state index in [2.05, 4.69) is 15.3 Å². The minimum absolute atomic E-state index is 0.0637. The zero-order valence-corrected chi connectivity index (χ0v) is 22.8. The molecule has 4 aromatic rings. The molecule has 3 N–H and O–H groups in total. The average Bonchev–Trinajstić information content (AvgIpc) is 3.12. The summed E-state index contributed by atoms with van der Waals surface area (Å²) in [5, 5.41) is 24.8. The van der Waals surface area contributed by atoms with E-state index in [1.165, 1.54) is 41.3 Å². The number of ether oxygens (including phenoxy) is 1. The second-order valence-corrected chi connectivity index (χ2v) is 9.75. The molecule has 43 heavy (non-hydrogen) atoms. The molecule has 1 amide bonds. The number of nitrogens with zero attached hydrogens (tertiary/aromatic N) is 2. The summed E-state index contributed by atoms with van der Waals surface area (Å²) in [6, 6.07) is 23.7. The molecule has 8 nitrogen and oxygen atoms in total. The van der Waals surface area contributed by atoms with Gasteiger partial charge in [0.25, 0.3) is 0 Å². The van der Waals surface area contributed by atoms with Crippen molar-refractivity contribution in [1.82, 2.24) is 0 Å². The van der Waals surface area contributed by atoms with Crippen LogP contribution in [0.1, 0.15) is 40.4 Å². The van der Waals surface area contributed by atoms with Crippen molar-refractivity contribution >= 4 is 34.7 Å². The van der Waals surface area contributed by atoms with Gasteiger partial charge in [0, 0.05) is 36.8 Å². The molecule has 0 saturated heterocycles. The molecule has 1 aliphatic heterocycles. The number of nitrogens with one attached hydrogen (secondary N) is 1. The molecule has 4 aromatic carbocycles. The van der Waals surface area contributed by atoms with Gasteiger partial charge in [0.15, 0.2) is 6.10 Å². The molecule has 220 valence electrons. The molecule has 0 aromatic heterocycles. The summed E-state index contributed by atoms with van der Waals surface area (Å²) in [6.45, 7) is 0. The maximum Gasteiger partial charge on any atom is 0.418 e. The second-order valence-electron chi connectivity index (χ2n) is 9.75. The fourth-order valence-corrected chi connectivity index (χ4v) is 4.99. The molecule has 11 heteroatoms. The van der Waals surface area contributed by atoms with Crippen LogP contribution in [-0.4, -0.2) is 41.1 Å². The van der Waals surface area contributed by atoms with E-state index in [1.54, 1.807) is 54.6 Å². The molecule has 1 heterocycles. The van der Waals surface area contributed by atoms with Gasteiger partial charge in [0.1, 0.15) is 5.75 Å². The number of methoxy groups -OCH3 is 1. The predicted octanol–water partition coefficient (Wildman–Crippen LogP) is 7.28. The third-order valence-electron chi connectivity index (χ3n) is 7.04. The van der Waals surface area contributed by atoms with Crippen LogP contribution in [0.4, 0.5) is 30.2 Å². The number of benzene rings is 4. The molecular weight excluding hydrogens is 563 g/mol. The summed E-state index contributed by atoms with van der Waals surface area (Å²) < 4.78 is 44.7. The number of aromatic hydroxyl groups is 1. The molecule has 5 rings (SSSR count). The summed E-state index contributed by atoms with van der Waals surface area (Å²) in [7, 11) is 0.988. The van der Waals surface area contributed by atoms with Crippen LogP contribution in [-0.2, 0) is 9.53 Å². The highest BCUT2D eigenvalue weighted by Gasteiger charge is 2.41. The van der Waals surface area contributed by atoms with Gasteiger partial charge in [-0.05, 0) is 47.5 Å². The van der Waals surface area contributed by atoms with Gasteiger partial charge < -0.3 is 14.9 Å². The smallest absolute Gasteiger partial charge is 0.418 e.